The molecule has 6 nitrogen and oxygen atoms in total. The maximum absolute atomic E-state index is 13.2. The summed E-state index contributed by atoms with van der Waals surface area (Å²) >= 11 is 6.07. The molecule has 2 aromatic rings. The molecule has 0 saturated carbocycles. The van der Waals surface area contributed by atoms with Crippen LogP contribution < -0.4 is 4.72 Å². The highest BCUT2D eigenvalue weighted by Crippen LogP contribution is 2.30. The van der Waals surface area contributed by atoms with E-state index in [0.29, 0.717) is 13.1 Å². The number of anilines is 1. The molecule has 0 aromatic heterocycles. The Hall–Kier alpha value is -1.68. The summed E-state index contributed by atoms with van der Waals surface area (Å²) in [5, 5.41) is 0.0165. The van der Waals surface area contributed by atoms with Gasteiger partial charge in [0.15, 0.2) is 0 Å². The number of nitrogens with one attached hydrogen (secondary N) is 1. The summed E-state index contributed by atoms with van der Waals surface area (Å²) in [6.45, 7) is 2.29. The predicted molar refractivity (Wildman–Crippen MR) is 101 cm³/mol. The molecule has 0 bridgehead atoms. The Morgan fingerprint density at radius 1 is 1.00 bits per heavy atom. The molecule has 1 N–H and O–H groups in total. The van der Waals surface area contributed by atoms with Crippen LogP contribution in [0.2, 0.25) is 5.02 Å². The number of hydrogen-bond donors (Lipinski definition) is 1. The van der Waals surface area contributed by atoms with Crippen molar-refractivity contribution in [2.24, 2.45) is 0 Å². The molecule has 0 amide bonds. The van der Waals surface area contributed by atoms with Gasteiger partial charge in [-0.25, -0.2) is 21.2 Å². The number of nitrogens with zero attached hydrogens (tertiary/aromatic N) is 1. The molecule has 2 aromatic carbocycles. The molecule has 1 saturated heterocycles. The molecular weight excluding hydrogens is 415 g/mol. The first-order valence-corrected chi connectivity index (χ1v) is 11.5. The highest BCUT2D eigenvalue weighted by Gasteiger charge is 2.29. The third-order valence-corrected chi connectivity index (χ3v) is 8.21. The molecule has 0 atom stereocenters. The number of halogens is 2. The van der Waals surface area contributed by atoms with E-state index in [1.54, 1.807) is 0 Å². The maximum atomic E-state index is 13.2. The summed E-state index contributed by atoms with van der Waals surface area (Å²) < 4.78 is 67.6. The normalized spacial score (nSPS) is 15.8. The number of hydrogen-bond acceptors (Lipinski definition) is 4. The zero-order valence-corrected chi connectivity index (χ0v) is 16.8. The van der Waals surface area contributed by atoms with Crippen molar-refractivity contribution in [2.45, 2.75) is 29.6 Å². The minimum Gasteiger partial charge on any atom is -0.280 e. The average Bonchev–Trinajstić information content (AvgIpc) is 3.11. The third kappa shape index (κ3) is 4.11. The number of sulfonamides is 2. The SMILES string of the molecule is Cc1cc(F)ccc1S(=O)(=O)Nc1ccc(Cl)c(S(=O)(=O)N2CCCC2)c1. The minimum atomic E-state index is -4.02. The Morgan fingerprint density at radius 3 is 2.30 bits per heavy atom. The summed E-state index contributed by atoms with van der Waals surface area (Å²) in [6, 6.07) is 7.23. The van der Waals surface area contributed by atoms with Crippen LogP contribution in [0.4, 0.5) is 10.1 Å². The van der Waals surface area contributed by atoms with Crippen molar-refractivity contribution in [3.8, 4) is 0 Å². The van der Waals surface area contributed by atoms with Crippen LogP contribution in [0.25, 0.3) is 0 Å². The van der Waals surface area contributed by atoms with E-state index in [0.717, 1.165) is 31.0 Å². The minimum absolute atomic E-state index is 0.0165. The quantitative estimate of drug-likeness (QED) is 0.785. The summed E-state index contributed by atoms with van der Waals surface area (Å²) in [5.74, 6) is -0.545. The van der Waals surface area contributed by atoms with Crippen LogP contribution in [-0.4, -0.2) is 34.2 Å². The Kier molecular flexibility index (Phi) is 5.49. The Labute approximate surface area is 163 Å². The zero-order valence-electron chi connectivity index (χ0n) is 14.4. The molecule has 0 radical (unpaired) electrons. The van der Waals surface area contributed by atoms with E-state index in [1.807, 2.05) is 0 Å². The third-order valence-electron chi connectivity index (χ3n) is 4.29. The molecule has 1 aliphatic rings. The fourth-order valence-corrected chi connectivity index (χ4v) is 6.25. The fourth-order valence-electron chi connectivity index (χ4n) is 2.96. The second kappa shape index (κ2) is 7.38. The summed E-state index contributed by atoms with van der Waals surface area (Å²) in [7, 11) is -7.83. The van der Waals surface area contributed by atoms with Crippen LogP contribution in [-0.2, 0) is 20.0 Å². The standard InChI is InChI=1S/C17H18ClFN2O4S2/c1-12-10-13(19)4-7-16(12)26(22,23)20-14-5-6-15(18)17(11-14)27(24,25)21-8-2-3-9-21/h4-7,10-11,20H,2-3,8-9H2,1H3. The monoisotopic (exact) mass is 432 g/mol. The van der Waals surface area contributed by atoms with Gasteiger partial charge >= 0.3 is 0 Å². The van der Waals surface area contributed by atoms with E-state index in [4.69, 9.17) is 11.6 Å². The first-order valence-electron chi connectivity index (χ1n) is 8.20. The highest BCUT2D eigenvalue weighted by molar-refractivity contribution is 7.92. The second-order valence-corrected chi connectivity index (χ2v) is 10.2. The lowest BCUT2D eigenvalue weighted by Gasteiger charge is -2.17. The van der Waals surface area contributed by atoms with Crippen molar-refractivity contribution in [3.63, 3.8) is 0 Å². The van der Waals surface area contributed by atoms with E-state index in [2.05, 4.69) is 4.72 Å². The largest absolute Gasteiger partial charge is 0.280 e. The lowest BCUT2D eigenvalue weighted by atomic mass is 10.2. The molecule has 0 spiro atoms. The van der Waals surface area contributed by atoms with Crippen LogP contribution >= 0.6 is 11.6 Å². The van der Waals surface area contributed by atoms with Crippen LogP contribution in [0.5, 0.6) is 0 Å². The molecule has 146 valence electrons. The average molecular weight is 433 g/mol. The van der Waals surface area contributed by atoms with Gasteiger partial charge in [-0.2, -0.15) is 4.31 Å². The molecule has 27 heavy (non-hydrogen) atoms. The van der Waals surface area contributed by atoms with Gasteiger partial charge in [-0.15, -0.1) is 0 Å². The van der Waals surface area contributed by atoms with Crippen molar-refractivity contribution < 1.29 is 21.2 Å². The van der Waals surface area contributed by atoms with Crippen molar-refractivity contribution in [1.82, 2.24) is 4.31 Å². The van der Waals surface area contributed by atoms with Gasteiger partial charge in [0.2, 0.25) is 10.0 Å². The molecular formula is C17H18ClFN2O4S2. The lowest BCUT2D eigenvalue weighted by molar-refractivity contribution is 0.477. The fraction of sp³-hybridized carbons (Fsp3) is 0.294. The second-order valence-electron chi connectivity index (χ2n) is 6.27. The van der Waals surface area contributed by atoms with Gasteiger partial charge in [0, 0.05) is 13.1 Å². The molecule has 3 rings (SSSR count). The molecule has 10 heteroatoms. The van der Waals surface area contributed by atoms with Gasteiger partial charge in [0.25, 0.3) is 10.0 Å². The van der Waals surface area contributed by atoms with Gasteiger partial charge in [0.05, 0.1) is 15.6 Å². The Balaban J connectivity index is 1.96. The van der Waals surface area contributed by atoms with Gasteiger partial charge in [-0.1, -0.05) is 11.6 Å². The zero-order chi connectivity index (χ0) is 19.8. The number of rotatable bonds is 5. The lowest BCUT2D eigenvalue weighted by Crippen LogP contribution is -2.28. The topological polar surface area (TPSA) is 83.5 Å². The number of aryl methyl sites for hydroxylation is 1. The molecule has 1 aliphatic heterocycles. The van der Waals surface area contributed by atoms with E-state index >= 15 is 0 Å². The van der Waals surface area contributed by atoms with Crippen molar-refractivity contribution in [3.05, 3.63) is 52.8 Å². The van der Waals surface area contributed by atoms with Crippen LogP contribution in [0.15, 0.2) is 46.2 Å². The first-order chi connectivity index (χ1) is 12.6. The number of benzene rings is 2. The molecule has 0 unspecified atom stereocenters. The van der Waals surface area contributed by atoms with Crippen LogP contribution in [0.3, 0.4) is 0 Å². The van der Waals surface area contributed by atoms with Gasteiger partial charge in [0.1, 0.15) is 10.7 Å². The van der Waals surface area contributed by atoms with Crippen molar-refractivity contribution in [2.75, 3.05) is 17.8 Å². The van der Waals surface area contributed by atoms with Crippen LogP contribution in [0.1, 0.15) is 18.4 Å². The summed E-state index contributed by atoms with van der Waals surface area (Å²) in [5.41, 5.74) is 0.294. The van der Waals surface area contributed by atoms with Gasteiger partial charge < -0.3 is 0 Å². The van der Waals surface area contributed by atoms with Gasteiger partial charge in [-0.05, 0) is 61.7 Å². The Morgan fingerprint density at radius 2 is 1.67 bits per heavy atom. The Bertz CT molecular complexity index is 1080. The predicted octanol–water partition coefficient (Wildman–Crippen LogP) is 3.37. The van der Waals surface area contributed by atoms with E-state index in [-0.39, 0.29) is 26.1 Å². The molecule has 1 heterocycles. The van der Waals surface area contributed by atoms with E-state index in [1.165, 1.54) is 29.4 Å². The summed E-state index contributed by atoms with van der Waals surface area (Å²) in [4.78, 5) is -0.245. The van der Waals surface area contributed by atoms with Crippen LogP contribution in [0, 0.1) is 12.7 Å². The highest BCUT2D eigenvalue weighted by atomic mass is 35.5. The summed E-state index contributed by atoms with van der Waals surface area (Å²) in [6.07, 6.45) is 1.54. The van der Waals surface area contributed by atoms with E-state index < -0.39 is 25.9 Å². The van der Waals surface area contributed by atoms with E-state index in [9.17, 15) is 21.2 Å². The molecule has 0 aliphatic carbocycles. The first kappa shape index (κ1) is 20.1. The molecule has 1 fully saturated rings. The van der Waals surface area contributed by atoms with Gasteiger partial charge in [-0.3, -0.25) is 4.72 Å². The smallest absolute Gasteiger partial charge is 0.262 e. The van der Waals surface area contributed by atoms with Crippen molar-refractivity contribution >= 4 is 37.3 Å². The van der Waals surface area contributed by atoms with Crippen molar-refractivity contribution in [1.29, 1.82) is 0 Å². The maximum Gasteiger partial charge on any atom is 0.262 e.